The fourth-order valence-corrected chi connectivity index (χ4v) is 4.42. The largest absolute Gasteiger partial charge is 0.353 e. The average molecular weight is 408 g/mol. The number of rotatable bonds is 4. The summed E-state index contributed by atoms with van der Waals surface area (Å²) < 4.78 is 15.8. The van der Waals surface area contributed by atoms with Crippen LogP contribution in [0.2, 0.25) is 0 Å². The van der Waals surface area contributed by atoms with Crippen molar-refractivity contribution in [1.29, 1.82) is 0 Å². The van der Waals surface area contributed by atoms with Crippen molar-refractivity contribution in [3.8, 4) is 11.3 Å². The first-order valence-electron chi connectivity index (χ1n) is 11.0. The lowest BCUT2D eigenvalue weighted by Crippen LogP contribution is -2.36. The Morgan fingerprint density at radius 3 is 2.57 bits per heavy atom. The summed E-state index contributed by atoms with van der Waals surface area (Å²) in [6.45, 7) is 3.78. The molecule has 0 aliphatic heterocycles. The third kappa shape index (κ3) is 4.55. The smallest absolute Gasteiger partial charge is 0.226 e. The lowest BCUT2D eigenvalue weighted by atomic mass is 9.96. The van der Waals surface area contributed by atoms with Crippen LogP contribution in [0.4, 0.5) is 4.39 Å². The van der Waals surface area contributed by atoms with Crippen molar-refractivity contribution < 1.29 is 9.18 Å². The Morgan fingerprint density at radius 2 is 1.83 bits per heavy atom. The van der Waals surface area contributed by atoms with Crippen molar-refractivity contribution in [2.24, 2.45) is 0 Å². The van der Waals surface area contributed by atoms with Gasteiger partial charge in [-0.2, -0.15) is 0 Å². The second-order valence-electron chi connectivity index (χ2n) is 8.59. The molecule has 4 rings (SSSR count). The topological polar surface area (TPSA) is 46.4 Å². The molecule has 0 bridgehead atoms. The van der Waals surface area contributed by atoms with Crippen molar-refractivity contribution in [2.45, 2.75) is 71.3 Å². The van der Waals surface area contributed by atoms with Crippen LogP contribution in [-0.4, -0.2) is 21.3 Å². The lowest BCUT2D eigenvalue weighted by Gasteiger charge is -2.21. The van der Waals surface area contributed by atoms with Crippen LogP contribution in [-0.2, 0) is 11.2 Å². The Labute approximate surface area is 177 Å². The minimum Gasteiger partial charge on any atom is -0.353 e. The average Bonchev–Trinajstić information content (AvgIpc) is 3.03. The standard InChI is InChI=1S/C25H30FN3O/c1-17-10-13-23-28-25(19-11-12-21(26)18(2)14-19)22(29(23)16-17)15-24(30)27-20-8-6-4-3-5-7-9-20/h10-14,16,20H,3-9,15H2,1-2H3,(H,27,30). The summed E-state index contributed by atoms with van der Waals surface area (Å²) in [5.74, 6) is -0.203. The Hall–Kier alpha value is -2.69. The molecule has 30 heavy (non-hydrogen) atoms. The first-order valence-corrected chi connectivity index (χ1v) is 11.0. The van der Waals surface area contributed by atoms with Crippen molar-refractivity contribution in [1.82, 2.24) is 14.7 Å². The van der Waals surface area contributed by atoms with E-state index >= 15 is 0 Å². The summed E-state index contributed by atoms with van der Waals surface area (Å²) in [5, 5.41) is 3.26. The highest BCUT2D eigenvalue weighted by molar-refractivity contribution is 5.82. The molecule has 0 spiro atoms. The van der Waals surface area contributed by atoms with Gasteiger partial charge in [-0.05, 0) is 62.1 Å². The maximum Gasteiger partial charge on any atom is 0.226 e. The van der Waals surface area contributed by atoms with E-state index in [1.165, 1.54) is 38.2 Å². The molecule has 1 N–H and O–H groups in total. The molecule has 2 aromatic heterocycles. The SMILES string of the molecule is Cc1ccc2nc(-c3ccc(F)c(C)c3)c(CC(=O)NC3CCCCCCC3)n2c1. The summed E-state index contributed by atoms with van der Waals surface area (Å²) in [4.78, 5) is 17.8. The van der Waals surface area contributed by atoms with E-state index in [1.54, 1.807) is 19.1 Å². The van der Waals surface area contributed by atoms with E-state index in [2.05, 4.69) is 5.32 Å². The maximum absolute atomic E-state index is 13.8. The highest BCUT2D eigenvalue weighted by atomic mass is 19.1. The van der Waals surface area contributed by atoms with Gasteiger partial charge in [0, 0.05) is 17.8 Å². The monoisotopic (exact) mass is 407 g/mol. The van der Waals surface area contributed by atoms with Crippen molar-refractivity contribution in [3.05, 3.63) is 59.2 Å². The maximum atomic E-state index is 13.8. The van der Waals surface area contributed by atoms with Crippen molar-refractivity contribution >= 4 is 11.6 Å². The zero-order valence-corrected chi connectivity index (χ0v) is 17.9. The van der Waals surface area contributed by atoms with E-state index in [9.17, 15) is 9.18 Å². The van der Waals surface area contributed by atoms with Crippen LogP contribution in [0.15, 0.2) is 36.5 Å². The van der Waals surface area contributed by atoms with Crippen LogP contribution in [0.3, 0.4) is 0 Å². The molecular formula is C25H30FN3O. The van der Waals surface area contributed by atoms with E-state index in [4.69, 9.17) is 4.98 Å². The lowest BCUT2D eigenvalue weighted by molar-refractivity contribution is -0.121. The normalized spacial score (nSPS) is 15.7. The minimum atomic E-state index is -0.234. The van der Waals surface area contributed by atoms with Crippen LogP contribution in [0.1, 0.15) is 61.8 Å². The van der Waals surface area contributed by atoms with Crippen LogP contribution in [0, 0.1) is 19.7 Å². The van der Waals surface area contributed by atoms with Gasteiger partial charge in [0.05, 0.1) is 17.8 Å². The summed E-state index contributed by atoms with van der Waals surface area (Å²) in [6.07, 6.45) is 10.6. The molecule has 0 saturated heterocycles. The van der Waals surface area contributed by atoms with E-state index < -0.39 is 0 Å². The highest BCUT2D eigenvalue weighted by Crippen LogP contribution is 2.27. The quantitative estimate of drug-likeness (QED) is 0.618. The Bertz CT molecular complexity index is 1050. The molecule has 1 aliphatic carbocycles. The third-order valence-electron chi connectivity index (χ3n) is 6.10. The van der Waals surface area contributed by atoms with Gasteiger partial charge in [0.2, 0.25) is 5.91 Å². The number of benzene rings is 1. The van der Waals surface area contributed by atoms with Crippen LogP contribution < -0.4 is 5.32 Å². The van der Waals surface area contributed by atoms with Crippen LogP contribution in [0.25, 0.3) is 16.9 Å². The molecule has 0 unspecified atom stereocenters. The molecule has 1 amide bonds. The fraction of sp³-hybridized carbons (Fsp3) is 0.440. The number of carbonyl (C=O) groups excluding carboxylic acids is 1. The van der Waals surface area contributed by atoms with E-state index in [0.29, 0.717) is 5.56 Å². The van der Waals surface area contributed by atoms with Gasteiger partial charge in [0.15, 0.2) is 0 Å². The second kappa shape index (κ2) is 8.99. The zero-order valence-electron chi connectivity index (χ0n) is 17.9. The van der Waals surface area contributed by atoms with Crippen molar-refractivity contribution in [2.75, 3.05) is 0 Å². The third-order valence-corrected chi connectivity index (χ3v) is 6.10. The van der Waals surface area contributed by atoms with Gasteiger partial charge in [-0.15, -0.1) is 0 Å². The first kappa shape index (κ1) is 20.6. The van der Waals surface area contributed by atoms with Crippen molar-refractivity contribution in [3.63, 3.8) is 0 Å². The molecule has 158 valence electrons. The number of hydrogen-bond donors (Lipinski definition) is 1. The second-order valence-corrected chi connectivity index (χ2v) is 8.59. The molecule has 1 aliphatic rings. The molecular weight excluding hydrogens is 377 g/mol. The fourth-order valence-electron chi connectivity index (χ4n) is 4.42. The van der Waals surface area contributed by atoms with Gasteiger partial charge >= 0.3 is 0 Å². The summed E-state index contributed by atoms with van der Waals surface area (Å²) >= 11 is 0. The molecule has 0 atom stereocenters. The number of halogens is 1. The Morgan fingerprint density at radius 1 is 1.10 bits per heavy atom. The predicted molar refractivity (Wildman–Crippen MR) is 118 cm³/mol. The number of aromatic nitrogens is 2. The van der Waals surface area contributed by atoms with Gasteiger partial charge in [-0.25, -0.2) is 9.37 Å². The molecule has 3 aromatic rings. The van der Waals surface area contributed by atoms with Crippen LogP contribution in [0.5, 0.6) is 0 Å². The number of pyridine rings is 1. The summed E-state index contributed by atoms with van der Waals surface area (Å²) in [7, 11) is 0. The first-order chi connectivity index (χ1) is 14.5. The van der Waals surface area contributed by atoms with Gasteiger partial charge < -0.3 is 9.72 Å². The minimum absolute atomic E-state index is 0.0314. The molecule has 1 saturated carbocycles. The van der Waals surface area contributed by atoms with Crippen LogP contribution >= 0.6 is 0 Å². The molecule has 1 aromatic carbocycles. The number of aryl methyl sites for hydroxylation is 2. The number of amides is 1. The highest BCUT2D eigenvalue weighted by Gasteiger charge is 2.20. The summed E-state index contributed by atoms with van der Waals surface area (Å²) in [5.41, 5.74) is 4.91. The molecule has 0 radical (unpaired) electrons. The Kier molecular flexibility index (Phi) is 6.16. The number of fused-ring (bicyclic) bond motifs is 1. The van der Waals surface area contributed by atoms with Gasteiger partial charge in [-0.1, -0.05) is 38.2 Å². The number of imidazole rings is 1. The van der Waals surface area contributed by atoms with Gasteiger partial charge in [0.25, 0.3) is 0 Å². The zero-order chi connectivity index (χ0) is 21.1. The molecule has 4 nitrogen and oxygen atoms in total. The number of hydrogen-bond acceptors (Lipinski definition) is 2. The molecule has 2 heterocycles. The van der Waals surface area contributed by atoms with Gasteiger partial charge in [0.1, 0.15) is 11.5 Å². The van der Waals surface area contributed by atoms with E-state index in [-0.39, 0.29) is 24.2 Å². The molecule has 1 fully saturated rings. The number of carbonyl (C=O) groups is 1. The number of nitrogens with zero attached hydrogens (tertiary/aromatic N) is 2. The predicted octanol–water partition coefficient (Wildman–Crippen LogP) is 5.53. The molecule has 5 heteroatoms. The number of nitrogens with one attached hydrogen (secondary N) is 1. The Balaban J connectivity index is 1.65. The van der Waals surface area contributed by atoms with E-state index in [1.807, 2.05) is 29.7 Å². The van der Waals surface area contributed by atoms with E-state index in [0.717, 1.165) is 41.0 Å². The van der Waals surface area contributed by atoms with Gasteiger partial charge in [-0.3, -0.25) is 4.79 Å². The summed E-state index contributed by atoms with van der Waals surface area (Å²) in [6, 6.07) is 9.26.